The van der Waals surface area contributed by atoms with Crippen LogP contribution in [0.5, 0.6) is 0 Å². The topological polar surface area (TPSA) is 83.8 Å². The number of carbonyl (C=O) groups is 1. The third-order valence-corrected chi connectivity index (χ3v) is 3.00. The molecule has 0 saturated heterocycles. The maximum atomic E-state index is 12.8. The van der Waals surface area contributed by atoms with Crippen LogP contribution in [0, 0.1) is 13.8 Å². The Morgan fingerprint density at radius 3 is 2.52 bits per heavy atom. The Kier molecular flexibility index (Phi) is 3.63. The van der Waals surface area contributed by atoms with E-state index in [0.29, 0.717) is 5.69 Å². The molecule has 0 saturated carbocycles. The van der Waals surface area contributed by atoms with E-state index >= 15 is 0 Å². The van der Waals surface area contributed by atoms with E-state index in [1.165, 1.54) is 19.1 Å². The molecule has 21 heavy (non-hydrogen) atoms. The first-order chi connectivity index (χ1) is 9.70. The minimum Gasteiger partial charge on any atom is -0.382 e. The average molecular weight is 298 g/mol. The molecule has 1 amide bonds. The molecule has 0 aliphatic carbocycles. The van der Waals surface area contributed by atoms with Crippen molar-refractivity contribution in [3.63, 3.8) is 0 Å². The molecule has 0 atom stereocenters. The van der Waals surface area contributed by atoms with Crippen LogP contribution < -0.4 is 11.1 Å². The Balaban J connectivity index is 2.31. The zero-order valence-corrected chi connectivity index (χ0v) is 11.3. The van der Waals surface area contributed by atoms with E-state index in [1.807, 2.05) is 0 Å². The number of aromatic nitrogens is 2. The second-order valence-corrected chi connectivity index (χ2v) is 4.59. The number of rotatable bonds is 2. The van der Waals surface area contributed by atoms with Gasteiger partial charge in [-0.2, -0.15) is 18.3 Å². The number of carbonyl (C=O) groups excluding carboxylic acids is 1. The van der Waals surface area contributed by atoms with Crippen molar-refractivity contribution in [3.05, 3.63) is 40.6 Å². The molecular formula is C13H13F3N4O. The van der Waals surface area contributed by atoms with Crippen molar-refractivity contribution in [1.82, 2.24) is 10.2 Å². The lowest BCUT2D eigenvalue weighted by Crippen LogP contribution is -2.15. The molecule has 5 nitrogen and oxygen atoms in total. The van der Waals surface area contributed by atoms with Crippen molar-refractivity contribution in [1.29, 1.82) is 0 Å². The highest BCUT2D eigenvalue weighted by Crippen LogP contribution is 2.33. The molecule has 112 valence electrons. The summed E-state index contributed by atoms with van der Waals surface area (Å²) < 4.78 is 38.5. The van der Waals surface area contributed by atoms with E-state index in [2.05, 4.69) is 15.5 Å². The van der Waals surface area contributed by atoms with Crippen LogP contribution in [-0.4, -0.2) is 16.1 Å². The van der Waals surface area contributed by atoms with Gasteiger partial charge in [0.25, 0.3) is 5.91 Å². The molecule has 1 aromatic heterocycles. The largest absolute Gasteiger partial charge is 0.416 e. The summed E-state index contributed by atoms with van der Waals surface area (Å²) in [6, 6.07) is 3.58. The number of nitrogens with zero attached hydrogens (tertiary/aromatic N) is 1. The molecule has 0 aliphatic heterocycles. The van der Waals surface area contributed by atoms with Gasteiger partial charge in [0.1, 0.15) is 5.56 Å². The van der Waals surface area contributed by atoms with Crippen molar-refractivity contribution in [3.8, 4) is 0 Å². The number of nitrogens with one attached hydrogen (secondary N) is 2. The first-order valence-electron chi connectivity index (χ1n) is 5.99. The average Bonchev–Trinajstić information content (AvgIpc) is 2.70. The van der Waals surface area contributed by atoms with Gasteiger partial charge in [0.05, 0.1) is 5.56 Å². The lowest BCUT2D eigenvalue weighted by Gasteiger charge is -2.12. The summed E-state index contributed by atoms with van der Waals surface area (Å²) in [6.45, 7) is 2.95. The van der Waals surface area contributed by atoms with Gasteiger partial charge in [0, 0.05) is 11.4 Å². The zero-order chi connectivity index (χ0) is 15.8. The van der Waals surface area contributed by atoms with Crippen LogP contribution in [0.15, 0.2) is 18.2 Å². The van der Waals surface area contributed by atoms with Gasteiger partial charge in [0.2, 0.25) is 0 Å². The zero-order valence-electron chi connectivity index (χ0n) is 11.3. The van der Waals surface area contributed by atoms with Gasteiger partial charge < -0.3 is 11.1 Å². The van der Waals surface area contributed by atoms with E-state index in [-0.39, 0.29) is 22.6 Å². The Hall–Kier alpha value is -2.51. The maximum Gasteiger partial charge on any atom is 0.416 e. The Morgan fingerprint density at radius 2 is 2.00 bits per heavy atom. The van der Waals surface area contributed by atoms with Gasteiger partial charge in [-0.3, -0.25) is 9.89 Å². The summed E-state index contributed by atoms with van der Waals surface area (Å²) in [5, 5.41) is 8.58. The Bertz CT molecular complexity index is 672. The van der Waals surface area contributed by atoms with Crippen LogP contribution in [0.4, 0.5) is 24.7 Å². The van der Waals surface area contributed by atoms with Gasteiger partial charge in [-0.05, 0) is 31.5 Å². The van der Waals surface area contributed by atoms with E-state index < -0.39 is 17.6 Å². The highest BCUT2D eigenvalue weighted by molar-refractivity contribution is 6.08. The minimum absolute atomic E-state index is 0.00634. The molecular weight excluding hydrogens is 285 g/mol. The number of aromatic amines is 1. The molecule has 1 heterocycles. The number of amides is 1. The monoisotopic (exact) mass is 298 g/mol. The standard InChI is InChI=1S/C13H13F3N4O/c1-6-3-4-8(5-9(6)13(14,15)16)18-12(21)10-7(2)19-20-11(10)17/h3-5H,1-2H3,(H,18,21)(H3,17,19,20). The van der Waals surface area contributed by atoms with Gasteiger partial charge in [-0.15, -0.1) is 0 Å². The molecule has 2 aromatic rings. The molecule has 0 unspecified atom stereocenters. The van der Waals surface area contributed by atoms with Gasteiger partial charge in [-0.25, -0.2) is 0 Å². The molecule has 0 fully saturated rings. The number of nitrogens with two attached hydrogens (primary N) is 1. The van der Waals surface area contributed by atoms with Crippen molar-refractivity contribution >= 4 is 17.4 Å². The quantitative estimate of drug-likeness (QED) is 0.797. The predicted molar refractivity (Wildman–Crippen MR) is 71.9 cm³/mol. The third kappa shape index (κ3) is 2.99. The number of alkyl halides is 3. The second-order valence-electron chi connectivity index (χ2n) is 4.59. The fourth-order valence-corrected chi connectivity index (χ4v) is 1.93. The molecule has 0 aliphatic rings. The van der Waals surface area contributed by atoms with Gasteiger partial charge in [-0.1, -0.05) is 6.07 Å². The van der Waals surface area contributed by atoms with E-state index in [0.717, 1.165) is 6.07 Å². The molecule has 0 radical (unpaired) electrons. The van der Waals surface area contributed by atoms with Crippen LogP contribution in [0.3, 0.4) is 0 Å². The van der Waals surface area contributed by atoms with Crippen LogP contribution in [0.1, 0.15) is 27.2 Å². The smallest absolute Gasteiger partial charge is 0.382 e. The van der Waals surface area contributed by atoms with E-state index in [4.69, 9.17) is 5.73 Å². The number of aryl methyl sites for hydroxylation is 2. The van der Waals surface area contributed by atoms with Crippen molar-refractivity contribution in [2.75, 3.05) is 11.1 Å². The molecule has 0 bridgehead atoms. The van der Waals surface area contributed by atoms with E-state index in [9.17, 15) is 18.0 Å². The van der Waals surface area contributed by atoms with Crippen LogP contribution in [-0.2, 0) is 6.18 Å². The van der Waals surface area contributed by atoms with Crippen molar-refractivity contribution in [2.45, 2.75) is 20.0 Å². The summed E-state index contributed by atoms with van der Waals surface area (Å²) in [5.74, 6) is -0.621. The molecule has 0 spiro atoms. The number of hydrogen-bond acceptors (Lipinski definition) is 3. The number of benzene rings is 1. The Morgan fingerprint density at radius 1 is 1.33 bits per heavy atom. The maximum absolute atomic E-state index is 12.8. The molecule has 2 rings (SSSR count). The minimum atomic E-state index is -4.48. The number of halogens is 3. The normalized spacial score (nSPS) is 11.5. The van der Waals surface area contributed by atoms with Gasteiger partial charge in [0.15, 0.2) is 5.82 Å². The summed E-state index contributed by atoms with van der Waals surface area (Å²) in [4.78, 5) is 12.0. The summed E-state index contributed by atoms with van der Waals surface area (Å²) in [6.07, 6.45) is -4.48. The third-order valence-electron chi connectivity index (χ3n) is 3.00. The SMILES string of the molecule is Cc1ccc(NC(=O)c2c(N)n[nH]c2C)cc1C(F)(F)F. The Labute approximate surface area is 118 Å². The highest BCUT2D eigenvalue weighted by Gasteiger charge is 2.32. The lowest BCUT2D eigenvalue weighted by molar-refractivity contribution is -0.138. The first kappa shape index (κ1) is 14.9. The first-order valence-corrected chi connectivity index (χ1v) is 5.99. The number of hydrogen-bond donors (Lipinski definition) is 3. The van der Waals surface area contributed by atoms with Crippen LogP contribution in [0.25, 0.3) is 0 Å². The fraction of sp³-hybridized carbons (Fsp3) is 0.231. The lowest BCUT2D eigenvalue weighted by atomic mass is 10.1. The number of nitrogen functional groups attached to an aromatic ring is 1. The number of H-pyrrole nitrogens is 1. The highest BCUT2D eigenvalue weighted by atomic mass is 19.4. The van der Waals surface area contributed by atoms with E-state index in [1.54, 1.807) is 6.92 Å². The van der Waals surface area contributed by atoms with Crippen molar-refractivity contribution in [2.24, 2.45) is 0 Å². The molecule has 1 aromatic carbocycles. The van der Waals surface area contributed by atoms with Crippen molar-refractivity contribution < 1.29 is 18.0 Å². The number of anilines is 2. The fourth-order valence-electron chi connectivity index (χ4n) is 1.93. The summed E-state index contributed by atoms with van der Waals surface area (Å²) in [5.41, 5.74) is 5.42. The second kappa shape index (κ2) is 5.12. The summed E-state index contributed by atoms with van der Waals surface area (Å²) in [7, 11) is 0. The predicted octanol–water partition coefficient (Wildman–Crippen LogP) is 2.88. The van der Waals surface area contributed by atoms with Gasteiger partial charge >= 0.3 is 6.18 Å². The van der Waals surface area contributed by atoms with Crippen LogP contribution in [0.2, 0.25) is 0 Å². The van der Waals surface area contributed by atoms with Crippen LogP contribution >= 0.6 is 0 Å². The molecule has 8 heteroatoms. The summed E-state index contributed by atoms with van der Waals surface area (Å²) >= 11 is 0. The molecule has 4 N–H and O–H groups in total.